The fraction of sp³-hybridized carbons (Fsp3) is 0.143. The van der Waals surface area contributed by atoms with E-state index in [0.717, 1.165) is 5.75 Å². The Balaban J connectivity index is 1.93. The molecule has 0 fully saturated rings. The summed E-state index contributed by atoms with van der Waals surface area (Å²) in [7, 11) is 0. The van der Waals surface area contributed by atoms with Crippen LogP contribution in [0.25, 0.3) is 5.65 Å². The molecule has 0 unspecified atom stereocenters. The fourth-order valence-electron chi connectivity index (χ4n) is 1.84. The highest BCUT2D eigenvalue weighted by molar-refractivity contribution is 5.46. The first kappa shape index (κ1) is 11.5. The number of benzene rings is 1. The number of aryl methyl sites for hydroxylation is 2. The predicted molar refractivity (Wildman–Crippen MR) is 73.4 cm³/mol. The first-order valence-corrected chi connectivity index (χ1v) is 5.99. The van der Waals surface area contributed by atoms with Crippen LogP contribution in [0.3, 0.4) is 0 Å². The van der Waals surface area contributed by atoms with E-state index in [4.69, 9.17) is 10.5 Å². The summed E-state index contributed by atoms with van der Waals surface area (Å²) in [6, 6.07) is 9.54. The average molecular weight is 254 g/mol. The number of aromatic nitrogens is 3. The molecule has 0 aliphatic rings. The minimum absolute atomic E-state index is 0.441. The molecule has 0 aliphatic heterocycles. The highest BCUT2D eigenvalue weighted by Crippen LogP contribution is 2.22. The lowest BCUT2D eigenvalue weighted by Gasteiger charge is -2.07. The standard InChI is InChI=1S/C14H14N4O/c1-9-3-4-11(7-10(9)2)19-14-6-5-13-16-12(15)8-18(13)17-14/h3-8H,15H2,1-2H3. The van der Waals surface area contributed by atoms with Gasteiger partial charge >= 0.3 is 0 Å². The fourth-order valence-corrected chi connectivity index (χ4v) is 1.84. The third-order valence-corrected chi connectivity index (χ3v) is 3.02. The molecule has 0 aliphatic carbocycles. The molecule has 2 aromatic heterocycles. The lowest BCUT2D eigenvalue weighted by atomic mass is 10.1. The molecule has 96 valence electrons. The Morgan fingerprint density at radius 3 is 2.74 bits per heavy atom. The van der Waals surface area contributed by atoms with Crippen LogP contribution in [0.2, 0.25) is 0 Å². The summed E-state index contributed by atoms with van der Waals surface area (Å²) in [5, 5.41) is 4.30. The Bertz CT molecular complexity index is 748. The first-order valence-electron chi connectivity index (χ1n) is 5.99. The zero-order valence-corrected chi connectivity index (χ0v) is 10.8. The lowest BCUT2D eigenvalue weighted by Crippen LogP contribution is -1.95. The minimum atomic E-state index is 0.441. The van der Waals surface area contributed by atoms with Gasteiger partial charge < -0.3 is 10.5 Å². The van der Waals surface area contributed by atoms with Gasteiger partial charge in [-0.3, -0.25) is 0 Å². The topological polar surface area (TPSA) is 65.4 Å². The largest absolute Gasteiger partial charge is 0.438 e. The van der Waals surface area contributed by atoms with E-state index in [1.165, 1.54) is 11.1 Å². The monoisotopic (exact) mass is 254 g/mol. The maximum Gasteiger partial charge on any atom is 0.237 e. The van der Waals surface area contributed by atoms with Crippen LogP contribution in [0.4, 0.5) is 5.82 Å². The molecule has 3 rings (SSSR count). The van der Waals surface area contributed by atoms with Gasteiger partial charge in [-0.05, 0) is 43.2 Å². The number of hydrogen-bond acceptors (Lipinski definition) is 4. The van der Waals surface area contributed by atoms with Crippen molar-refractivity contribution in [3.63, 3.8) is 0 Å². The predicted octanol–water partition coefficient (Wildman–Crippen LogP) is 2.72. The van der Waals surface area contributed by atoms with Gasteiger partial charge in [0.1, 0.15) is 11.6 Å². The van der Waals surface area contributed by atoms with E-state index in [9.17, 15) is 0 Å². The van der Waals surface area contributed by atoms with Gasteiger partial charge in [-0.1, -0.05) is 6.07 Å². The second kappa shape index (κ2) is 4.28. The quantitative estimate of drug-likeness (QED) is 0.763. The molecule has 0 amide bonds. The summed E-state index contributed by atoms with van der Waals surface area (Å²) in [5.74, 6) is 1.71. The van der Waals surface area contributed by atoms with E-state index in [2.05, 4.69) is 23.9 Å². The molecular formula is C14H14N4O. The molecule has 2 N–H and O–H groups in total. The molecule has 0 saturated heterocycles. The van der Waals surface area contributed by atoms with E-state index >= 15 is 0 Å². The Morgan fingerprint density at radius 1 is 1.11 bits per heavy atom. The van der Waals surface area contributed by atoms with Crippen molar-refractivity contribution in [1.29, 1.82) is 0 Å². The Labute approximate surface area is 110 Å². The van der Waals surface area contributed by atoms with E-state index in [1.54, 1.807) is 16.8 Å². The molecule has 3 aromatic rings. The first-order chi connectivity index (χ1) is 9.11. The maximum absolute atomic E-state index is 5.73. The van der Waals surface area contributed by atoms with Gasteiger partial charge in [0.05, 0.1) is 6.20 Å². The molecule has 0 radical (unpaired) electrons. The summed E-state index contributed by atoms with van der Waals surface area (Å²) in [4.78, 5) is 4.11. The summed E-state index contributed by atoms with van der Waals surface area (Å²) >= 11 is 0. The number of hydrogen-bond donors (Lipinski definition) is 1. The number of ether oxygens (including phenoxy) is 1. The Morgan fingerprint density at radius 2 is 1.95 bits per heavy atom. The van der Waals surface area contributed by atoms with Crippen molar-refractivity contribution < 1.29 is 4.74 Å². The van der Waals surface area contributed by atoms with Crippen molar-refractivity contribution in [2.45, 2.75) is 13.8 Å². The second-order valence-electron chi connectivity index (χ2n) is 4.49. The third-order valence-electron chi connectivity index (χ3n) is 3.02. The number of anilines is 1. The van der Waals surface area contributed by atoms with Crippen molar-refractivity contribution in [2.24, 2.45) is 0 Å². The van der Waals surface area contributed by atoms with Crippen molar-refractivity contribution in [1.82, 2.24) is 14.6 Å². The normalized spacial score (nSPS) is 10.8. The van der Waals surface area contributed by atoms with E-state index in [1.807, 2.05) is 24.3 Å². The van der Waals surface area contributed by atoms with Crippen molar-refractivity contribution in [3.8, 4) is 11.6 Å². The highest BCUT2D eigenvalue weighted by Gasteiger charge is 2.04. The van der Waals surface area contributed by atoms with Gasteiger partial charge in [0.15, 0.2) is 5.65 Å². The number of nitrogen functional groups attached to an aromatic ring is 1. The molecule has 0 saturated carbocycles. The van der Waals surface area contributed by atoms with Crippen LogP contribution in [0.15, 0.2) is 36.5 Å². The summed E-state index contributed by atoms with van der Waals surface area (Å²) in [6.45, 7) is 4.12. The van der Waals surface area contributed by atoms with Crippen LogP contribution >= 0.6 is 0 Å². The Kier molecular flexibility index (Phi) is 2.59. The van der Waals surface area contributed by atoms with Crippen LogP contribution in [0.1, 0.15) is 11.1 Å². The molecule has 5 heteroatoms. The van der Waals surface area contributed by atoms with E-state index in [-0.39, 0.29) is 0 Å². The summed E-state index contributed by atoms with van der Waals surface area (Å²) in [5.41, 5.74) is 8.74. The van der Waals surface area contributed by atoms with Gasteiger partial charge in [-0.2, -0.15) is 0 Å². The van der Waals surface area contributed by atoms with Crippen LogP contribution in [-0.2, 0) is 0 Å². The molecule has 5 nitrogen and oxygen atoms in total. The summed E-state index contributed by atoms with van der Waals surface area (Å²) < 4.78 is 7.33. The summed E-state index contributed by atoms with van der Waals surface area (Å²) in [6.07, 6.45) is 1.66. The van der Waals surface area contributed by atoms with Gasteiger partial charge in [0, 0.05) is 6.07 Å². The molecule has 19 heavy (non-hydrogen) atoms. The van der Waals surface area contributed by atoms with Crippen LogP contribution in [-0.4, -0.2) is 14.6 Å². The maximum atomic E-state index is 5.73. The zero-order chi connectivity index (χ0) is 13.4. The molecule has 0 bridgehead atoms. The second-order valence-corrected chi connectivity index (χ2v) is 4.49. The molecule has 2 heterocycles. The van der Waals surface area contributed by atoms with Gasteiger partial charge in [0.25, 0.3) is 0 Å². The lowest BCUT2D eigenvalue weighted by molar-refractivity contribution is 0.452. The minimum Gasteiger partial charge on any atom is -0.438 e. The molecular weight excluding hydrogens is 240 g/mol. The number of rotatable bonds is 2. The molecule has 1 aromatic carbocycles. The average Bonchev–Trinajstić information content (AvgIpc) is 2.73. The van der Waals surface area contributed by atoms with Gasteiger partial charge in [-0.15, -0.1) is 5.10 Å². The van der Waals surface area contributed by atoms with Crippen LogP contribution < -0.4 is 10.5 Å². The van der Waals surface area contributed by atoms with Crippen LogP contribution in [0, 0.1) is 13.8 Å². The molecule has 0 atom stereocenters. The number of nitrogens with two attached hydrogens (primary N) is 1. The highest BCUT2D eigenvalue weighted by atomic mass is 16.5. The smallest absolute Gasteiger partial charge is 0.237 e. The molecule has 0 spiro atoms. The Hall–Kier alpha value is -2.56. The van der Waals surface area contributed by atoms with Crippen molar-refractivity contribution in [2.75, 3.05) is 5.73 Å². The number of nitrogens with zero attached hydrogens (tertiary/aromatic N) is 3. The SMILES string of the molecule is Cc1ccc(Oc2ccc3nc(N)cn3n2)cc1C. The van der Waals surface area contributed by atoms with Gasteiger partial charge in [0.2, 0.25) is 5.88 Å². The third kappa shape index (κ3) is 2.22. The van der Waals surface area contributed by atoms with Crippen LogP contribution in [0.5, 0.6) is 11.6 Å². The number of fused-ring (bicyclic) bond motifs is 1. The number of imidazole rings is 1. The van der Waals surface area contributed by atoms with E-state index in [0.29, 0.717) is 17.3 Å². The van der Waals surface area contributed by atoms with Crippen molar-refractivity contribution >= 4 is 11.5 Å². The van der Waals surface area contributed by atoms with Crippen molar-refractivity contribution in [3.05, 3.63) is 47.7 Å². The zero-order valence-electron chi connectivity index (χ0n) is 10.8. The van der Waals surface area contributed by atoms with E-state index < -0.39 is 0 Å². The van der Waals surface area contributed by atoms with Gasteiger partial charge in [-0.25, -0.2) is 9.50 Å².